The van der Waals surface area contributed by atoms with E-state index >= 15 is 0 Å². The molecular weight excluding hydrogens is 467 g/mol. The molecule has 0 bridgehead atoms. The summed E-state index contributed by atoms with van der Waals surface area (Å²) < 4.78 is 4.96. The van der Waals surface area contributed by atoms with E-state index in [2.05, 4.69) is 34.9 Å². The molecule has 1 heterocycles. The van der Waals surface area contributed by atoms with Gasteiger partial charge >= 0.3 is 5.97 Å². The summed E-state index contributed by atoms with van der Waals surface area (Å²) >= 11 is 12.9. The molecule has 0 aromatic heterocycles. The predicted octanol–water partition coefficient (Wildman–Crippen LogP) is 6.46. The quantitative estimate of drug-likeness (QED) is 0.401. The van der Waals surface area contributed by atoms with Crippen molar-refractivity contribution in [2.45, 2.75) is 25.3 Å². The number of esters is 1. The highest BCUT2D eigenvalue weighted by Gasteiger charge is 2.23. The first-order valence-electron chi connectivity index (χ1n) is 11.5. The van der Waals surface area contributed by atoms with E-state index in [9.17, 15) is 4.79 Å². The van der Waals surface area contributed by atoms with Crippen molar-refractivity contribution in [1.29, 1.82) is 0 Å². The summed E-state index contributed by atoms with van der Waals surface area (Å²) in [6.45, 7) is 1.94. The molecule has 5 rings (SSSR count). The molecule has 2 N–H and O–H groups in total. The van der Waals surface area contributed by atoms with E-state index < -0.39 is 0 Å². The standard InChI is InChI=1S/C28H26Cl2N2O2/c1-34-28(33)19-8-10-23-17(12-19)4-3-7-25(24-11-9-20(29)14-26(24)30)27(23)18-5-2-6-21(13-18)32-22-15-31-16-22/h2,5-6,8-14,22,31-32H,3-4,7,15-16H2,1H3. The number of halogens is 2. The molecule has 2 aliphatic rings. The molecule has 0 amide bonds. The normalized spacial score (nSPS) is 15.9. The van der Waals surface area contributed by atoms with Crippen LogP contribution in [0.5, 0.6) is 0 Å². The number of carbonyl (C=O) groups excluding carboxylic acids is 1. The van der Waals surface area contributed by atoms with Crippen LogP contribution in [0, 0.1) is 0 Å². The lowest BCUT2D eigenvalue weighted by molar-refractivity contribution is 0.0600. The second-order valence-corrected chi connectivity index (χ2v) is 9.62. The molecule has 3 aromatic carbocycles. The number of rotatable bonds is 5. The maximum atomic E-state index is 12.2. The van der Waals surface area contributed by atoms with Gasteiger partial charge in [0.2, 0.25) is 0 Å². The van der Waals surface area contributed by atoms with E-state index in [0.717, 1.165) is 65.9 Å². The average Bonchev–Trinajstić information content (AvgIpc) is 3.00. The van der Waals surface area contributed by atoms with Crippen molar-refractivity contribution in [2.24, 2.45) is 0 Å². The van der Waals surface area contributed by atoms with Gasteiger partial charge in [-0.25, -0.2) is 4.79 Å². The zero-order valence-electron chi connectivity index (χ0n) is 19.0. The van der Waals surface area contributed by atoms with Gasteiger partial charge in [0.1, 0.15) is 0 Å². The van der Waals surface area contributed by atoms with E-state index in [-0.39, 0.29) is 5.97 Å². The maximum Gasteiger partial charge on any atom is 0.337 e. The van der Waals surface area contributed by atoms with Gasteiger partial charge < -0.3 is 15.4 Å². The Balaban J connectivity index is 1.70. The number of nitrogens with one attached hydrogen (secondary N) is 2. The van der Waals surface area contributed by atoms with Crippen molar-refractivity contribution < 1.29 is 9.53 Å². The highest BCUT2D eigenvalue weighted by Crippen LogP contribution is 2.42. The summed E-state index contributed by atoms with van der Waals surface area (Å²) in [7, 11) is 1.41. The molecule has 34 heavy (non-hydrogen) atoms. The first kappa shape index (κ1) is 23.0. The Labute approximate surface area is 209 Å². The SMILES string of the molecule is COC(=O)c1ccc2c(c1)CCCC(c1ccc(Cl)cc1Cl)=C2c1cccc(NC2CNC2)c1. The van der Waals surface area contributed by atoms with Crippen LogP contribution in [0.25, 0.3) is 11.1 Å². The number of aryl methyl sites for hydroxylation is 1. The molecule has 1 aliphatic carbocycles. The summed E-state index contributed by atoms with van der Waals surface area (Å²) in [5.74, 6) is -0.321. The van der Waals surface area contributed by atoms with Gasteiger partial charge in [-0.05, 0) is 89.1 Å². The first-order chi connectivity index (χ1) is 16.5. The Morgan fingerprint density at radius 3 is 2.56 bits per heavy atom. The fourth-order valence-electron chi connectivity index (χ4n) is 4.76. The van der Waals surface area contributed by atoms with Crippen molar-refractivity contribution in [3.05, 3.63) is 98.5 Å². The van der Waals surface area contributed by atoms with Gasteiger partial charge in [0.25, 0.3) is 0 Å². The Kier molecular flexibility index (Phi) is 6.64. The van der Waals surface area contributed by atoms with E-state index in [1.165, 1.54) is 12.7 Å². The number of ether oxygens (including phenoxy) is 1. The van der Waals surface area contributed by atoms with Crippen molar-refractivity contribution >= 4 is 46.0 Å². The third kappa shape index (κ3) is 4.58. The molecule has 174 valence electrons. The lowest BCUT2D eigenvalue weighted by Gasteiger charge is -2.29. The minimum absolute atomic E-state index is 0.321. The fraction of sp³-hybridized carbons (Fsp3) is 0.250. The fourth-order valence-corrected chi connectivity index (χ4v) is 5.28. The predicted molar refractivity (Wildman–Crippen MR) is 140 cm³/mol. The number of allylic oxidation sites excluding steroid dienone is 1. The van der Waals surface area contributed by atoms with Crippen molar-refractivity contribution in [3.63, 3.8) is 0 Å². The Bertz CT molecular complexity index is 1280. The Morgan fingerprint density at radius 1 is 1.00 bits per heavy atom. The van der Waals surface area contributed by atoms with Gasteiger partial charge in [0.15, 0.2) is 0 Å². The van der Waals surface area contributed by atoms with Crippen LogP contribution >= 0.6 is 23.2 Å². The first-order valence-corrected chi connectivity index (χ1v) is 12.3. The van der Waals surface area contributed by atoms with Gasteiger partial charge in [-0.2, -0.15) is 0 Å². The van der Waals surface area contributed by atoms with Crippen LogP contribution in [0.1, 0.15) is 45.5 Å². The summed E-state index contributed by atoms with van der Waals surface area (Å²) in [6.07, 6.45) is 2.67. The molecule has 1 fully saturated rings. The smallest absolute Gasteiger partial charge is 0.337 e. The zero-order chi connectivity index (χ0) is 23.7. The van der Waals surface area contributed by atoms with Crippen molar-refractivity contribution in [3.8, 4) is 0 Å². The summed E-state index contributed by atoms with van der Waals surface area (Å²) in [5.41, 5.74) is 8.36. The third-order valence-corrected chi connectivity index (χ3v) is 7.08. The minimum atomic E-state index is -0.321. The van der Waals surface area contributed by atoms with Crippen LogP contribution < -0.4 is 10.6 Å². The van der Waals surface area contributed by atoms with Crippen LogP contribution in [0.4, 0.5) is 5.69 Å². The summed E-state index contributed by atoms with van der Waals surface area (Å²) in [4.78, 5) is 12.2. The largest absolute Gasteiger partial charge is 0.465 e. The number of fused-ring (bicyclic) bond motifs is 1. The Morgan fingerprint density at radius 2 is 1.82 bits per heavy atom. The number of anilines is 1. The van der Waals surface area contributed by atoms with Crippen LogP contribution in [-0.2, 0) is 11.2 Å². The molecule has 0 saturated carbocycles. The van der Waals surface area contributed by atoms with Gasteiger partial charge in [-0.1, -0.05) is 47.5 Å². The van der Waals surface area contributed by atoms with Crippen LogP contribution in [0.2, 0.25) is 10.0 Å². The van der Waals surface area contributed by atoms with Crippen LogP contribution in [-0.4, -0.2) is 32.2 Å². The molecule has 0 radical (unpaired) electrons. The third-order valence-electron chi connectivity index (χ3n) is 6.53. The second-order valence-electron chi connectivity index (χ2n) is 8.78. The summed E-state index contributed by atoms with van der Waals surface area (Å²) in [5, 5.41) is 8.18. The molecule has 0 spiro atoms. The molecule has 6 heteroatoms. The molecular formula is C28H26Cl2N2O2. The molecule has 4 nitrogen and oxygen atoms in total. The van der Waals surface area contributed by atoms with E-state index in [1.54, 1.807) is 6.07 Å². The maximum absolute atomic E-state index is 12.2. The lowest BCUT2D eigenvalue weighted by atomic mass is 9.87. The van der Waals surface area contributed by atoms with Crippen molar-refractivity contribution in [2.75, 3.05) is 25.5 Å². The van der Waals surface area contributed by atoms with Crippen LogP contribution in [0.3, 0.4) is 0 Å². The highest BCUT2D eigenvalue weighted by molar-refractivity contribution is 6.36. The summed E-state index contributed by atoms with van der Waals surface area (Å²) in [6, 6.07) is 20.6. The lowest BCUT2D eigenvalue weighted by Crippen LogP contribution is -2.51. The second kappa shape index (κ2) is 9.83. The molecule has 1 saturated heterocycles. The molecule has 0 unspecified atom stereocenters. The van der Waals surface area contributed by atoms with Gasteiger partial charge in [0.05, 0.1) is 18.7 Å². The van der Waals surface area contributed by atoms with Gasteiger partial charge in [-0.3, -0.25) is 0 Å². The number of benzene rings is 3. The zero-order valence-corrected chi connectivity index (χ0v) is 20.5. The molecule has 1 aliphatic heterocycles. The number of carbonyl (C=O) groups is 1. The number of hydrogen-bond donors (Lipinski definition) is 2. The van der Waals surface area contributed by atoms with Gasteiger partial charge in [0, 0.05) is 28.8 Å². The van der Waals surface area contributed by atoms with E-state index in [4.69, 9.17) is 27.9 Å². The highest BCUT2D eigenvalue weighted by atomic mass is 35.5. The van der Waals surface area contributed by atoms with E-state index in [0.29, 0.717) is 21.7 Å². The Hall–Kier alpha value is -2.79. The monoisotopic (exact) mass is 492 g/mol. The number of methoxy groups -OCH3 is 1. The average molecular weight is 493 g/mol. The van der Waals surface area contributed by atoms with Crippen LogP contribution in [0.15, 0.2) is 60.7 Å². The molecule has 3 aromatic rings. The van der Waals surface area contributed by atoms with Gasteiger partial charge in [-0.15, -0.1) is 0 Å². The number of hydrogen-bond acceptors (Lipinski definition) is 4. The van der Waals surface area contributed by atoms with E-state index in [1.807, 2.05) is 30.3 Å². The topological polar surface area (TPSA) is 50.4 Å². The van der Waals surface area contributed by atoms with Crippen molar-refractivity contribution in [1.82, 2.24) is 5.32 Å². The minimum Gasteiger partial charge on any atom is -0.465 e. The molecule has 0 atom stereocenters.